The van der Waals surface area contributed by atoms with Crippen LogP contribution >= 0.6 is 0 Å². The molecule has 0 radical (unpaired) electrons. The van der Waals surface area contributed by atoms with Gasteiger partial charge in [-0.15, -0.1) is 0 Å². The molecule has 136 valence electrons. The van der Waals surface area contributed by atoms with Crippen LogP contribution in [-0.4, -0.2) is 23.1 Å². The summed E-state index contributed by atoms with van der Waals surface area (Å²) in [7, 11) is -6.79. The summed E-state index contributed by atoms with van der Waals surface area (Å²) in [6, 6.07) is 15.1. The Morgan fingerprint density at radius 1 is 0.880 bits per heavy atom. The maximum absolute atomic E-state index is 12.9. The lowest BCUT2D eigenvalue weighted by Gasteiger charge is -2.18. The van der Waals surface area contributed by atoms with Crippen molar-refractivity contribution in [2.75, 3.05) is 6.26 Å². The molecule has 5 nitrogen and oxygen atoms in total. The predicted molar refractivity (Wildman–Crippen MR) is 99.5 cm³/mol. The number of sulfonamides is 1. The molecule has 0 amide bonds. The van der Waals surface area contributed by atoms with Crippen molar-refractivity contribution in [3.8, 4) is 0 Å². The van der Waals surface area contributed by atoms with Gasteiger partial charge in [-0.25, -0.2) is 21.6 Å². The highest BCUT2D eigenvalue weighted by molar-refractivity contribution is 7.91. The van der Waals surface area contributed by atoms with Gasteiger partial charge in [0, 0.05) is 6.04 Å². The lowest BCUT2D eigenvalue weighted by atomic mass is 10.0. The second-order valence-corrected chi connectivity index (χ2v) is 9.94. The van der Waals surface area contributed by atoms with E-state index >= 15 is 0 Å². The van der Waals surface area contributed by atoms with Gasteiger partial charge in [-0.2, -0.15) is 0 Å². The molecule has 2 aromatic rings. The van der Waals surface area contributed by atoms with Gasteiger partial charge in [-0.3, -0.25) is 0 Å². The highest BCUT2D eigenvalue weighted by atomic mass is 32.2. The highest BCUT2D eigenvalue weighted by Gasteiger charge is 2.27. The number of hydrogen-bond donors (Lipinski definition) is 1. The van der Waals surface area contributed by atoms with Crippen molar-refractivity contribution in [3.63, 3.8) is 0 Å². The van der Waals surface area contributed by atoms with E-state index in [2.05, 4.69) is 4.72 Å². The molecule has 0 bridgehead atoms. The molecule has 2 rings (SSSR count). The van der Waals surface area contributed by atoms with Crippen molar-refractivity contribution in [1.82, 2.24) is 4.72 Å². The molecule has 25 heavy (non-hydrogen) atoms. The lowest BCUT2D eigenvalue weighted by molar-refractivity contribution is 0.573. The van der Waals surface area contributed by atoms with E-state index in [0.29, 0.717) is 16.9 Å². The van der Waals surface area contributed by atoms with Crippen LogP contribution in [0.15, 0.2) is 59.5 Å². The lowest BCUT2D eigenvalue weighted by Crippen LogP contribution is -2.25. The largest absolute Gasteiger partial charge is 0.223 e. The molecule has 1 N–H and O–H groups in total. The van der Waals surface area contributed by atoms with E-state index in [1.165, 1.54) is 0 Å². The van der Waals surface area contributed by atoms with Crippen LogP contribution in [0.4, 0.5) is 0 Å². The molecule has 0 spiro atoms. The molecule has 2 aromatic carbocycles. The van der Waals surface area contributed by atoms with Gasteiger partial charge in [-0.05, 0) is 36.6 Å². The minimum absolute atomic E-state index is 0.304. The van der Waals surface area contributed by atoms with Gasteiger partial charge in [0.15, 0.2) is 9.84 Å². The van der Waals surface area contributed by atoms with Gasteiger partial charge in [0.25, 0.3) is 0 Å². The summed E-state index contributed by atoms with van der Waals surface area (Å²) in [5, 5.41) is -0.637. The summed E-state index contributed by atoms with van der Waals surface area (Å²) >= 11 is 0. The molecular formula is C18H23NO4S2. The second kappa shape index (κ2) is 7.68. The van der Waals surface area contributed by atoms with Crippen molar-refractivity contribution in [2.24, 2.45) is 0 Å². The minimum Gasteiger partial charge on any atom is -0.223 e. The highest BCUT2D eigenvalue weighted by Crippen LogP contribution is 2.32. The average molecular weight is 382 g/mol. The first-order chi connectivity index (χ1) is 11.6. The van der Waals surface area contributed by atoms with Crippen LogP contribution in [-0.2, 0) is 19.9 Å². The fourth-order valence-electron chi connectivity index (χ4n) is 2.80. The van der Waals surface area contributed by atoms with Crippen molar-refractivity contribution in [1.29, 1.82) is 0 Å². The SMILES string of the molecule is CCC(c1ccc(C(C)NS(C)(=O)=O)cc1)S(=O)(=O)c1ccccc1. The third-order valence-corrected chi connectivity index (χ3v) is 7.08. The molecule has 0 heterocycles. The summed E-state index contributed by atoms with van der Waals surface area (Å²) < 4.78 is 50.9. The third kappa shape index (κ3) is 4.90. The van der Waals surface area contributed by atoms with Crippen LogP contribution in [0, 0.1) is 0 Å². The zero-order valence-corrected chi connectivity index (χ0v) is 16.1. The van der Waals surface area contributed by atoms with E-state index < -0.39 is 25.1 Å². The maximum atomic E-state index is 12.9. The molecule has 7 heteroatoms. The normalized spacial score (nSPS) is 14.8. The molecule has 2 unspecified atom stereocenters. The van der Waals surface area contributed by atoms with Crippen molar-refractivity contribution < 1.29 is 16.8 Å². The number of sulfone groups is 1. The van der Waals surface area contributed by atoms with Crippen molar-refractivity contribution in [2.45, 2.75) is 36.5 Å². The number of rotatable bonds is 7. The average Bonchev–Trinajstić information content (AvgIpc) is 2.55. The number of benzene rings is 2. The van der Waals surface area contributed by atoms with Crippen LogP contribution in [0.3, 0.4) is 0 Å². The van der Waals surface area contributed by atoms with E-state index in [0.717, 1.165) is 11.8 Å². The first-order valence-electron chi connectivity index (χ1n) is 8.01. The molecule has 0 aliphatic carbocycles. The molecule has 0 aromatic heterocycles. The Morgan fingerprint density at radius 3 is 1.88 bits per heavy atom. The monoisotopic (exact) mass is 381 g/mol. The van der Waals surface area contributed by atoms with Crippen molar-refractivity contribution >= 4 is 19.9 Å². The molecule has 2 atom stereocenters. The summed E-state index contributed by atoms with van der Waals surface area (Å²) in [4.78, 5) is 0.304. The maximum Gasteiger partial charge on any atom is 0.209 e. The molecule has 0 aliphatic rings. The summed E-state index contributed by atoms with van der Waals surface area (Å²) in [5.41, 5.74) is 1.47. The Kier molecular flexibility index (Phi) is 6.03. The number of hydrogen-bond acceptors (Lipinski definition) is 4. The molecule has 0 saturated carbocycles. The molecule has 0 aliphatic heterocycles. The van der Waals surface area contributed by atoms with Gasteiger partial charge < -0.3 is 0 Å². The van der Waals surface area contributed by atoms with Crippen LogP contribution < -0.4 is 4.72 Å². The van der Waals surface area contributed by atoms with E-state index in [9.17, 15) is 16.8 Å². The minimum atomic E-state index is -3.48. The topological polar surface area (TPSA) is 80.3 Å². The number of nitrogens with one attached hydrogen (secondary N) is 1. The van der Waals surface area contributed by atoms with Gasteiger partial charge >= 0.3 is 0 Å². The first kappa shape index (κ1) is 19.6. The van der Waals surface area contributed by atoms with E-state index in [1.807, 2.05) is 6.92 Å². The second-order valence-electron chi connectivity index (χ2n) is 6.03. The van der Waals surface area contributed by atoms with E-state index in [-0.39, 0.29) is 6.04 Å². The van der Waals surface area contributed by atoms with Crippen LogP contribution in [0.25, 0.3) is 0 Å². The molecule has 0 fully saturated rings. The Bertz CT molecular complexity index is 905. The standard InChI is InChI=1S/C18H23NO4S2/c1-4-18(25(22,23)17-8-6-5-7-9-17)16-12-10-15(11-13-16)14(2)19-24(3,20)21/h5-14,18-19H,4H2,1-3H3. The summed E-state index contributed by atoms with van der Waals surface area (Å²) in [5.74, 6) is 0. The fourth-order valence-corrected chi connectivity index (χ4v) is 5.39. The molecular weight excluding hydrogens is 358 g/mol. The fraction of sp³-hybridized carbons (Fsp3) is 0.333. The zero-order valence-electron chi connectivity index (χ0n) is 14.5. The zero-order chi connectivity index (χ0) is 18.7. The third-order valence-electron chi connectivity index (χ3n) is 4.02. The van der Waals surface area contributed by atoms with Gasteiger partial charge in [0.1, 0.15) is 0 Å². The summed E-state index contributed by atoms with van der Waals surface area (Å²) in [6.45, 7) is 3.58. The van der Waals surface area contributed by atoms with Crippen LogP contribution in [0.1, 0.15) is 42.7 Å². The van der Waals surface area contributed by atoms with Gasteiger partial charge in [-0.1, -0.05) is 49.4 Å². The van der Waals surface area contributed by atoms with Crippen LogP contribution in [0.2, 0.25) is 0 Å². The molecule has 0 saturated heterocycles. The Balaban J connectivity index is 2.31. The Labute approximate surface area is 150 Å². The van der Waals surface area contributed by atoms with Gasteiger partial charge in [0.2, 0.25) is 10.0 Å². The Hall–Kier alpha value is -1.70. The predicted octanol–water partition coefficient (Wildman–Crippen LogP) is 3.22. The Morgan fingerprint density at radius 2 is 1.40 bits per heavy atom. The van der Waals surface area contributed by atoms with E-state index in [4.69, 9.17) is 0 Å². The smallest absolute Gasteiger partial charge is 0.209 e. The van der Waals surface area contributed by atoms with Gasteiger partial charge in [0.05, 0.1) is 16.4 Å². The first-order valence-corrected chi connectivity index (χ1v) is 11.4. The quantitative estimate of drug-likeness (QED) is 0.798. The summed E-state index contributed by atoms with van der Waals surface area (Å²) in [6.07, 6.45) is 1.56. The van der Waals surface area contributed by atoms with E-state index in [1.54, 1.807) is 61.5 Å². The van der Waals surface area contributed by atoms with Crippen molar-refractivity contribution in [3.05, 3.63) is 65.7 Å². The van der Waals surface area contributed by atoms with Crippen LogP contribution in [0.5, 0.6) is 0 Å².